The fraction of sp³-hybridized carbons (Fsp3) is 0.812. The number of carboxylic acids is 1. The van der Waals surface area contributed by atoms with Crippen molar-refractivity contribution < 1.29 is 19.4 Å². The summed E-state index contributed by atoms with van der Waals surface area (Å²) in [5, 5.41) is 25.0. The summed E-state index contributed by atoms with van der Waals surface area (Å²) < 4.78 is 5.26. The van der Waals surface area contributed by atoms with Crippen LogP contribution in [0.4, 0.5) is 0 Å². The van der Waals surface area contributed by atoms with Crippen LogP contribution >= 0.6 is 0 Å². The number of carboxylic acid groups (broad SMARTS) is 1. The molecule has 1 aliphatic rings. The maximum Gasteiger partial charge on any atom is 0.373 e. The molecule has 0 bridgehead atoms. The average Bonchev–Trinajstić information content (AvgIpc) is 3.01. The van der Waals surface area contributed by atoms with E-state index in [0.29, 0.717) is 18.3 Å². The lowest BCUT2D eigenvalue weighted by molar-refractivity contribution is -0.137. The van der Waals surface area contributed by atoms with Crippen LogP contribution in [0.2, 0.25) is 6.82 Å². The van der Waals surface area contributed by atoms with Crippen molar-refractivity contribution in [2.75, 3.05) is 0 Å². The quantitative estimate of drug-likeness (QED) is 0.563. The molecule has 1 atom stereocenters. The van der Waals surface area contributed by atoms with Crippen LogP contribution in [0.25, 0.3) is 0 Å². The van der Waals surface area contributed by atoms with Crippen molar-refractivity contribution in [3.05, 3.63) is 11.7 Å². The van der Waals surface area contributed by atoms with Crippen LogP contribution in [0.3, 0.4) is 0 Å². The summed E-state index contributed by atoms with van der Waals surface area (Å²) >= 11 is 0. The molecule has 0 saturated heterocycles. The van der Waals surface area contributed by atoms with E-state index in [1.807, 2.05) is 0 Å². The molecule has 0 spiro atoms. The lowest BCUT2D eigenvalue weighted by Gasteiger charge is -2.21. The number of nitrogens with zero attached hydrogens (tertiary/aromatic N) is 2. The van der Waals surface area contributed by atoms with Crippen molar-refractivity contribution in [1.82, 2.24) is 15.4 Å². The Morgan fingerprint density at radius 1 is 1.42 bits per heavy atom. The highest BCUT2D eigenvalue weighted by atomic mass is 16.5. The summed E-state index contributed by atoms with van der Waals surface area (Å²) in [5.74, 6) is 0.535. The first kappa shape index (κ1) is 18.9. The minimum atomic E-state index is -0.848. The van der Waals surface area contributed by atoms with Gasteiger partial charge in [-0.15, -0.1) is 0 Å². The van der Waals surface area contributed by atoms with E-state index in [9.17, 15) is 9.82 Å². The smallest absolute Gasteiger partial charge is 0.373 e. The van der Waals surface area contributed by atoms with Crippen LogP contribution < -0.4 is 5.23 Å². The van der Waals surface area contributed by atoms with Crippen molar-refractivity contribution in [1.29, 1.82) is 0 Å². The molecule has 134 valence electrons. The van der Waals surface area contributed by atoms with Gasteiger partial charge in [0.05, 0.1) is 13.0 Å². The third-order valence-electron chi connectivity index (χ3n) is 4.70. The number of hydrogen-bond acceptors (Lipinski definition) is 6. The molecular formula is C16H28BN3O4. The normalized spacial score (nSPS) is 16.9. The molecule has 1 heterocycles. The van der Waals surface area contributed by atoms with E-state index in [1.54, 1.807) is 6.82 Å². The van der Waals surface area contributed by atoms with E-state index in [-0.39, 0.29) is 12.3 Å². The Bertz CT molecular complexity index is 503. The van der Waals surface area contributed by atoms with Gasteiger partial charge in [0.15, 0.2) is 5.82 Å². The second kappa shape index (κ2) is 9.79. The molecule has 0 aliphatic heterocycles. The summed E-state index contributed by atoms with van der Waals surface area (Å²) in [4.78, 5) is 15.4. The number of aromatic nitrogens is 2. The molecule has 8 heteroatoms. The van der Waals surface area contributed by atoms with Crippen LogP contribution in [-0.2, 0) is 11.3 Å². The van der Waals surface area contributed by atoms with Gasteiger partial charge in [0, 0.05) is 5.92 Å². The van der Waals surface area contributed by atoms with Gasteiger partial charge in [0.25, 0.3) is 0 Å². The highest BCUT2D eigenvalue weighted by Gasteiger charge is 2.23. The Morgan fingerprint density at radius 2 is 2.17 bits per heavy atom. The standard InChI is InChI=1S/C16H28BN3O4/c1-17(23)18-11-14-19-16(24-20-14)13(10-15(21)22)9-5-8-12-6-3-2-4-7-12/h12-13,18,23H,2-11H2,1H3,(H,21,22)/t13-/m1/s1. The summed E-state index contributed by atoms with van der Waals surface area (Å²) in [5.41, 5.74) is 0. The van der Waals surface area contributed by atoms with E-state index < -0.39 is 13.0 Å². The fourth-order valence-electron chi connectivity index (χ4n) is 3.40. The van der Waals surface area contributed by atoms with Crippen LogP contribution in [0.15, 0.2) is 4.52 Å². The molecule has 1 saturated carbocycles. The predicted molar refractivity (Wildman–Crippen MR) is 90.4 cm³/mol. The van der Waals surface area contributed by atoms with Crippen LogP contribution in [0.5, 0.6) is 0 Å². The molecular weight excluding hydrogens is 309 g/mol. The van der Waals surface area contributed by atoms with Gasteiger partial charge < -0.3 is 19.9 Å². The Balaban J connectivity index is 1.86. The molecule has 1 fully saturated rings. The zero-order chi connectivity index (χ0) is 17.4. The van der Waals surface area contributed by atoms with Gasteiger partial charge in [-0.2, -0.15) is 4.98 Å². The van der Waals surface area contributed by atoms with Gasteiger partial charge in [-0.05, 0) is 19.2 Å². The Kier molecular flexibility index (Phi) is 7.72. The van der Waals surface area contributed by atoms with Crippen molar-refractivity contribution >= 4 is 13.0 Å². The number of aliphatic carboxylic acids is 1. The predicted octanol–water partition coefficient (Wildman–Crippen LogP) is 2.58. The maximum absolute atomic E-state index is 11.1. The summed E-state index contributed by atoms with van der Waals surface area (Å²) in [6.45, 7) is 1.91. The SMILES string of the molecule is CB(O)NCc1noc([C@H](CCCC2CCCCC2)CC(=O)O)n1. The molecule has 3 N–H and O–H groups in total. The topological polar surface area (TPSA) is 108 Å². The Hall–Kier alpha value is -1.41. The zero-order valence-electron chi connectivity index (χ0n) is 14.4. The highest BCUT2D eigenvalue weighted by molar-refractivity contribution is 6.45. The number of hydrogen-bond donors (Lipinski definition) is 3. The minimum absolute atomic E-state index is 0.0101. The largest absolute Gasteiger partial charge is 0.481 e. The van der Waals surface area contributed by atoms with E-state index in [4.69, 9.17) is 9.63 Å². The highest BCUT2D eigenvalue weighted by Crippen LogP contribution is 2.31. The number of carbonyl (C=O) groups is 1. The molecule has 1 aliphatic carbocycles. The van der Waals surface area contributed by atoms with Gasteiger partial charge in [0.1, 0.15) is 0 Å². The second-order valence-electron chi connectivity index (χ2n) is 6.84. The molecule has 0 amide bonds. The molecule has 7 nitrogen and oxygen atoms in total. The van der Waals surface area contributed by atoms with Gasteiger partial charge in [-0.25, -0.2) is 0 Å². The monoisotopic (exact) mass is 337 g/mol. The summed E-state index contributed by atoms with van der Waals surface area (Å²) in [7, 11) is -0.655. The molecule has 0 radical (unpaired) electrons. The van der Waals surface area contributed by atoms with Crippen LogP contribution in [0, 0.1) is 5.92 Å². The third kappa shape index (κ3) is 6.61. The Morgan fingerprint density at radius 3 is 2.83 bits per heavy atom. The van der Waals surface area contributed by atoms with E-state index in [1.165, 1.54) is 32.1 Å². The first-order chi connectivity index (χ1) is 11.5. The number of nitrogens with one attached hydrogen (secondary N) is 1. The molecule has 24 heavy (non-hydrogen) atoms. The van der Waals surface area contributed by atoms with Gasteiger partial charge in [-0.3, -0.25) is 4.79 Å². The van der Waals surface area contributed by atoms with Crippen LogP contribution in [-0.4, -0.2) is 33.3 Å². The molecule has 1 aromatic heterocycles. The maximum atomic E-state index is 11.1. The lowest BCUT2D eigenvalue weighted by Crippen LogP contribution is -2.30. The van der Waals surface area contributed by atoms with Gasteiger partial charge in [-0.1, -0.05) is 50.1 Å². The molecule has 1 aromatic rings. The fourth-order valence-corrected chi connectivity index (χ4v) is 3.40. The van der Waals surface area contributed by atoms with E-state index >= 15 is 0 Å². The second-order valence-corrected chi connectivity index (χ2v) is 6.84. The van der Waals surface area contributed by atoms with Gasteiger partial charge in [0.2, 0.25) is 5.89 Å². The van der Waals surface area contributed by atoms with E-state index in [2.05, 4.69) is 15.4 Å². The molecule has 0 aromatic carbocycles. The summed E-state index contributed by atoms with van der Waals surface area (Å²) in [6, 6.07) is 0. The first-order valence-electron chi connectivity index (χ1n) is 9.00. The summed E-state index contributed by atoms with van der Waals surface area (Å²) in [6.07, 6.45) is 9.53. The van der Waals surface area contributed by atoms with Gasteiger partial charge >= 0.3 is 13.0 Å². The van der Waals surface area contributed by atoms with Crippen molar-refractivity contribution in [3.63, 3.8) is 0 Å². The van der Waals surface area contributed by atoms with Crippen molar-refractivity contribution in [2.45, 2.75) is 77.1 Å². The van der Waals surface area contributed by atoms with E-state index in [0.717, 1.165) is 25.2 Å². The van der Waals surface area contributed by atoms with Crippen molar-refractivity contribution in [3.8, 4) is 0 Å². The zero-order valence-corrected chi connectivity index (χ0v) is 14.4. The third-order valence-corrected chi connectivity index (χ3v) is 4.70. The lowest BCUT2D eigenvalue weighted by atomic mass is 9.84. The molecule has 2 rings (SSSR count). The average molecular weight is 337 g/mol. The van der Waals surface area contributed by atoms with Crippen LogP contribution in [0.1, 0.15) is 75.4 Å². The minimum Gasteiger partial charge on any atom is -0.481 e. The van der Waals surface area contributed by atoms with Crippen molar-refractivity contribution in [2.24, 2.45) is 5.92 Å². The molecule has 0 unspecified atom stereocenters. The first-order valence-corrected chi connectivity index (χ1v) is 9.00. The Labute approximate surface area is 143 Å². The number of rotatable bonds is 10.